The molecule has 3 aromatic carbocycles. The van der Waals surface area contributed by atoms with Crippen molar-refractivity contribution in [2.75, 3.05) is 19.9 Å². The Morgan fingerprint density at radius 3 is 2.40 bits per heavy atom. The van der Waals surface area contributed by atoms with Gasteiger partial charge >= 0.3 is 0 Å². The van der Waals surface area contributed by atoms with Crippen LogP contribution in [0.2, 0.25) is 0 Å². The van der Waals surface area contributed by atoms with Gasteiger partial charge in [0.25, 0.3) is 0 Å². The molecule has 0 spiro atoms. The molecule has 3 aromatic rings. The van der Waals surface area contributed by atoms with Gasteiger partial charge in [0.1, 0.15) is 18.8 Å². The van der Waals surface area contributed by atoms with Gasteiger partial charge in [-0.15, -0.1) is 0 Å². The summed E-state index contributed by atoms with van der Waals surface area (Å²) in [6, 6.07) is 23.6. The lowest BCUT2D eigenvalue weighted by molar-refractivity contribution is -0.927. The molecular weight excluding hydrogens is 374 g/mol. The minimum absolute atomic E-state index is 0.321. The number of hydrogen-bond donors (Lipinski definition) is 1. The molecule has 0 saturated carbocycles. The molecular formula is C26H30NO3+. The zero-order valence-corrected chi connectivity index (χ0v) is 17.8. The van der Waals surface area contributed by atoms with Crippen LogP contribution in [0.1, 0.15) is 29.2 Å². The zero-order valence-electron chi connectivity index (χ0n) is 17.8. The Morgan fingerprint density at radius 1 is 0.833 bits per heavy atom. The number of quaternary nitrogens is 1. The molecule has 0 fully saturated rings. The molecule has 1 aliphatic heterocycles. The lowest BCUT2D eigenvalue weighted by atomic mass is 10.1. The molecule has 0 radical (unpaired) electrons. The van der Waals surface area contributed by atoms with Crippen LogP contribution in [0.15, 0.2) is 66.7 Å². The molecule has 1 atom stereocenters. The molecule has 0 bridgehead atoms. The quantitative estimate of drug-likeness (QED) is 0.586. The van der Waals surface area contributed by atoms with Crippen LogP contribution in [0.25, 0.3) is 0 Å². The van der Waals surface area contributed by atoms with Gasteiger partial charge in [0.05, 0.1) is 13.2 Å². The van der Waals surface area contributed by atoms with Crippen molar-refractivity contribution in [1.29, 1.82) is 0 Å². The van der Waals surface area contributed by atoms with E-state index in [1.165, 1.54) is 27.2 Å². The maximum atomic E-state index is 5.59. The van der Waals surface area contributed by atoms with Gasteiger partial charge in [0, 0.05) is 17.5 Å². The highest BCUT2D eigenvalue weighted by Crippen LogP contribution is 2.32. The Balaban J connectivity index is 1.46. The van der Waals surface area contributed by atoms with Gasteiger partial charge in [-0.05, 0) is 55.8 Å². The first-order valence-electron chi connectivity index (χ1n) is 10.7. The molecule has 1 aliphatic rings. The Kier molecular flexibility index (Phi) is 6.55. The lowest BCUT2D eigenvalue weighted by Gasteiger charge is -2.20. The molecule has 0 aromatic heterocycles. The van der Waals surface area contributed by atoms with Crippen molar-refractivity contribution in [3.63, 3.8) is 0 Å². The van der Waals surface area contributed by atoms with Gasteiger partial charge in [-0.25, -0.2) is 0 Å². The predicted molar refractivity (Wildman–Crippen MR) is 118 cm³/mol. The van der Waals surface area contributed by atoms with E-state index in [1.807, 2.05) is 13.0 Å². The highest BCUT2D eigenvalue weighted by Gasteiger charge is 2.16. The summed E-state index contributed by atoms with van der Waals surface area (Å²) in [7, 11) is 0. The third kappa shape index (κ3) is 5.33. The highest BCUT2D eigenvalue weighted by atomic mass is 16.7. The number of rotatable bonds is 9. The number of benzene rings is 3. The van der Waals surface area contributed by atoms with E-state index in [2.05, 4.69) is 67.6 Å². The Bertz CT molecular complexity index is 968. The molecule has 1 N–H and O–H groups in total. The fourth-order valence-electron chi connectivity index (χ4n) is 3.93. The standard InChI is InChI=1S/C26H29NO3/c1-3-28-24-10-7-22(8-11-24)17-27(18-23-6-4-5-20(2)15-23)14-13-21-9-12-25-26(16-21)30-19-29-25/h4-12,15-16H,3,13-14,17-19H2,1-2H3/p+1. The van der Waals surface area contributed by atoms with E-state index in [0.29, 0.717) is 13.4 Å². The van der Waals surface area contributed by atoms with E-state index in [0.717, 1.165) is 43.3 Å². The molecule has 4 heteroatoms. The van der Waals surface area contributed by atoms with Crippen molar-refractivity contribution in [1.82, 2.24) is 0 Å². The van der Waals surface area contributed by atoms with E-state index < -0.39 is 0 Å². The van der Waals surface area contributed by atoms with Crippen molar-refractivity contribution < 1.29 is 19.1 Å². The molecule has 0 aliphatic carbocycles. The van der Waals surface area contributed by atoms with Crippen LogP contribution in [-0.2, 0) is 19.5 Å². The summed E-state index contributed by atoms with van der Waals surface area (Å²) in [6.45, 7) is 8.20. The molecule has 1 heterocycles. The highest BCUT2D eigenvalue weighted by molar-refractivity contribution is 5.44. The number of fused-ring (bicyclic) bond motifs is 1. The van der Waals surface area contributed by atoms with Crippen LogP contribution in [0.3, 0.4) is 0 Å². The fraction of sp³-hybridized carbons (Fsp3) is 0.308. The molecule has 156 valence electrons. The minimum Gasteiger partial charge on any atom is -0.494 e. The van der Waals surface area contributed by atoms with Gasteiger partial charge in [0.2, 0.25) is 6.79 Å². The third-order valence-electron chi connectivity index (χ3n) is 5.43. The fourth-order valence-corrected chi connectivity index (χ4v) is 3.93. The number of nitrogens with one attached hydrogen (secondary N) is 1. The number of ether oxygens (including phenoxy) is 3. The summed E-state index contributed by atoms with van der Waals surface area (Å²) in [4.78, 5) is 1.53. The summed E-state index contributed by atoms with van der Waals surface area (Å²) in [5.41, 5.74) is 5.30. The predicted octanol–water partition coefficient (Wildman–Crippen LogP) is 3.95. The van der Waals surface area contributed by atoms with Crippen molar-refractivity contribution in [3.05, 3.63) is 89.0 Å². The molecule has 4 nitrogen and oxygen atoms in total. The average molecular weight is 405 g/mol. The first-order valence-corrected chi connectivity index (χ1v) is 10.7. The van der Waals surface area contributed by atoms with Gasteiger partial charge in [-0.3, -0.25) is 0 Å². The van der Waals surface area contributed by atoms with Gasteiger partial charge < -0.3 is 19.1 Å². The van der Waals surface area contributed by atoms with Crippen molar-refractivity contribution in [3.8, 4) is 17.2 Å². The Labute approximate surface area is 179 Å². The van der Waals surface area contributed by atoms with E-state index >= 15 is 0 Å². The number of aryl methyl sites for hydroxylation is 1. The first kappa shape index (κ1) is 20.3. The summed E-state index contributed by atoms with van der Waals surface area (Å²) >= 11 is 0. The Morgan fingerprint density at radius 2 is 1.60 bits per heavy atom. The van der Waals surface area contributed by atoms with E-state index in [-0.39, 0.29) is 0 Å². The van der Waals surface area contributed by atoms with Crippen molar-refractivity contribution in [2.24, 2.45) is 0 Å². The molecule has 4 rings (SSSR count). The number of hydrogen-bond acceptors (Lipinski definition) is 3. The average Bonchev–Trinajstić information content (AvgIpc) is 3.21. The smallest absolute Gasteiger partial charge is 0.231 e. The monoisotopic (exact) mass is 404 g/mol. The molecule has 0 amide bonds. The van der Waals surface area contributed by atoms with Gasteiger partial charge in [-0.2, -0.15) is 0 Å². The maximum absolute atomic E-state index is 5.59. The topological polar surface area (TPSA) is 32.1 Å². The van der Waals surface area contributed by atoms with Crippen LogP contribution < -0.4 is 19.1 Å². The van der Waals surface area contributed by atoms with Crippen molar-refractivity contribution in [2.45, 2.75) is 33.4 Å². The molecule has 30 heavy (non-hydrogen) atoms. The second kappa shape index (κ2) is 9.68. The zero-order chi connectivity index (χ0) is 20.8. The van der Waals surface area contributed by atoms with Gasteiger partial charge in [-0.1, -0.05) is 35.9 Å². The molecule has 0 saturated heterocycles. The van der Waals surface area contributed by atoms with Crippen LogP contribution in [-0.4, -0.2) is 19.9 Å². The third-order valence-corrected chi connectivity index (χ3v) is 5.43. The SMILES string of the molecule is CCOc1ccc(C[NH+](CCc2ccc3c(c2)OCO3)Cc2cccc(C)c2)cc1. The first-order chi connectivity index (χ1) is 14.7. The van der Waals surface area contributed by atoms with E-state index in [9.17, 15) is 0 Å². The van der Waals surface area contributed by atoms with Crippen LogP contribution in [0, 0.1) is 6.92 Å². The van der Waals surface area contributed by atoms with E-state index in [1.54, 1.807) is 0 Å². The van der Waals surface area contributed by atoms with Crippen LogP contribution in [0.5, 0.6) is 17.2 Å². The normalized spacial score (nSPS) is 13.3. The largest absolute Gasteiger partial charge is 0.494 e. The van der Waals surface area contributed by atoms with Gasteiger partial charge in [0.15, 0.2) is 11.5 Å². The second-order valence-electron chi connectivity index (χ2n) is 7.86. The summed E-state index contributed by atoms with van der Waals surface area (Å²) < 4.78 is 16.6. The maximum Gasteiger partial charge on any atom is 0.231 e. The lowest BCUT2D eigenvalue weighted by Crippen LogP contribution is -3.09. The summed E-state index contributed by atoms with van der Waals surface area (Å²) in [6.07, 6.45) is 0.995. The van der Waals surface area contributed by atoms with Crippen LogP contribution in [0.4, 0.5) is 0 Å². The van der Waals surface area contributed by atoms with Crippen molar-refractivity contribution >= 4 is 0 Å². The summed E-state index contributed by atoms with van der Waals surface area (Å²) in [5.74, 6) is 2.64. The van der Waals surface area contributed by atoms with E-state index in [4.69, 9.17) is 14.2 Å². The minimum atomic E-state index is 0.321. The second-order valence-corrected chi connectivity index (χ2v) is 7.86. The Hall–Kier alpha value is -2.98. The van der Waals surface area contributed by atoms with Crippen LogP contribution >= 0.6 is 0 Å². The molecule has 1 unspecified atom stereocenters. The summed E-state index contributed by atoms with van der Waals surface area (Å²) in [5, 5.41) is 0.